The number of rotatable bonds is 7. The fourth-order valence-electron chi connectivity index (χ4n) is 3.60. The number of amides is 2. The fourth-order valence-corrected chi connectivity index (χ4v) is 4.53. The van der Waals surface area contributed by atoms with Crippen LogP contribution in [0.5, 0.6) is 0 Å². The lowest BCUT2D eigenvalue weighted by molar-refractivity contribution is -0.125. The highest BCUT2D eigenvalue weighted by Gasteiger charge is 2.25. The molecule has 2 heterocycles. The zero-order chi connectivity index (χ0) is 22.7. The van der Waals surface area contributed by atoms with Crippen molar-refractivity contribution in [3.05, 3.63) is 52.3 Å². The standard InChI is InChI=1S/C22H22Cl2N4O3S/c1-32-9-6-15(21-26-17-4-2-13(23)10-18(17)27-21)22(30)25-14-3-5-19(16(24)11-14)28-7-8-31-12-20(28)29/h2-5,10-11,15H,6-9,12H2,1H3,(H,25,30)(H,26,27). The maximum atomic E-state index is 13.2. The van der Waals surface area contributed by atoms with Gasteiger partial charge >= 0.3 is 0 Å². The third-order valence-corrected chi connectivity index (χ3v) is 6.39. The van der Waals surface area contributed by atoms with Gasteiger partial charge in [-0.05, 0) is 54.8 Å². The van der Waals surface area contributed by atoms with E-state index in [4.69, 9.17) is 27.9 Å². The molecule has 1 unspecified atom stereocenters. The molecule has 1 aromatic heterocycles. The molecule has 1 aliphatic heterocycles. The van der Waals surface area contributed by atoms with Crippen LogP contribution in [-0.2, 0) is 14.3 Å². The molecule has 10 heteroatoms. The number of anilines is 2. The highest BCUT2D eigenvalue weighted by atomic mass is 35.5. The first kappa shape index (κ1) is 22.9. The molecule has 2 aromatic carbocycles. The number of hydrogen-bond donors (Lipinski definition) is 2. The first-order chi connectivity index (χ1) is 15.5. The van der Waals surface area contributed by atoms with Gasteiger partial charge in [0, 0.05) is 17.3 Å². The number of ether oxygens (including phenoxy) is 1. The average Bonchev–Trinajstić information content (AvgIpc) is 3.17. The summed E-state index contributed by atoms with van der Waals surface area (Å²) in [6.45, 7) is 0.937. The number of nitrogens with one attached hydrogen (secondary N) is 2. The molecule has 0 spiro atoms. The van der Waals surface area contributed by atoms with Crippen LogP contribution in [0.15, 0.2) is 36.4 Å². The highest BCUT2D eigenvalue weighted by Crippen LogP contribution is 2.31. The number of thioether (sulfide) groups is 1. The quantitative estimate of drug-likeness (QED) is 0.498. The minimum Gasteiger partial charge on any atom is -0.370 e. The van der Waals surface area contributed by atoms with Crippen LogP contribution in [0.3, 0.4) is 0 Å². The van der Waals surface area contributed by atoms with Crippen LogP contribution < -0.4 is 10.2 Å². The zero-order valence-electron chi connectivity index (χ0n) is 17.4. The van der Waals surface area contributed by atoms with Gasteiger partial charge in [-0.2, -0.15) is 11.8 Å². The summed E-state index contributed by atoms with van der Waals surface area (Å²) >= 11 is 14.2. The summed E-state index contributed by atoms with van der Waals surface area (Å²) in [6, 6.07) is 10.5. The Kier molecular flexibility index (Phi) is 7.25. The van der Waals surface area contributed by atoms with Crippen LogP contribution in [-0.4, -0.2) is 53.5 Å². The Morgan fingerprint density at radius 1 is 1.31 bits per heavy atom. The van der Waals surface area contributed by atoms with Gasteiger partial charge in [-0.15, -0.1) is 0 Å². The van der Waals surface area contributed by atoms with Crippen molar-refractivity contribution in [1.82, 2.24) is 9.97 Å². The zero-order valence-corrected chi connectivity index (χ0v) is 19.7. The van der Waals surface area contributed by atoms with Gasteiger partial charge in [-0.25, -0.2) is 4.98 Å². The molecule has 32 heavy (non-hydrogen) atoms. The van der Waals surface area contributed by atoms with Gasteiger partial charge in [0.05, 0.1) is 34.3 Å². The van der Waals surface area contributed by atoms with E-state index >= 15 is 0 Å². The number of aromatic nitrogens is 2. The van der Waals surface area contributed by atoms with Crippen molar-refractivity contribution in [3.63, 3.8) is 0 Å². The molecule has 0 radical (unpaired) electrons. The van der Waals surface area contributed by atoms with E-state index < -0.39 is 5.92 Å². The van der Waals surface area contributed by atoms with Gasteiger partial charge < -0.3 is 19.9 Å². The molecule has 4 rings (SSSR count). The summed E-state index contributed by atoms with van der Waals surface area (Å²) in [4.78, 5) is 34.7. The summed E-state index contributed by atoms with van der Waals surface area (Å²) in [5, 5.41) is 3.93. The van der Waals surface area contributed by atoms with Gasteiger partial charge in [-0.1, -0.05) is 23.2 Å². The second-order valence-electron chi connectivity index (χ2n) is 7.37. The Morgan fingerprint density at radius 3 is 2.91 bits per heavy atom. The summed E-state index contributed by atoms with van der Waals surface area (Å²) < 4.78 is 5.17. The summed E-state index contributed by atoms with van der Waals surface area (Å²) in [5.74, 6) is 0.602. The largest absolute Gasteiger partial charge is 0.370 e. The monoisotopic (exact) mass is 492 g/mol. The fraction of sp³-hybridized carbons (Fsp3) is 0.318. The predicted octanol–water partition coefficient (Wildman–Crippen LogP) is 4.71. The van der Waals surface area contributed by atoms with Crippen LogP contribution in [0.4, 0.5) is 11.4 Å². The molecule has 1 aliphatic rings. The normalized spacial score (nSPS) is 15.2. The minimum absolute atomic E-state index is 0.0364. The van der Waals surface area contributed by atoms with Crippen molar-refractivity contribution >= 4 is 69.2 Å². The van der Waals surface area contributed by atoms with Crippen molar-refractivity contribution in [2.45, 2.75) is 12.3 Å². The maximum absolute atomic E-state index is 13.2. The van der Waals surface area contributed by atoms with Gasteiger partial charge in [-0.3, -0.25) is 9.59 Å². The van der Waals surface area contributed by atoms with Crippen LogP contribution in [0.25, 0.3) is 11.0 Å². The Labute approximate surface area is 199 Å². The molecule has 7 nitrogen and oxygen atoms in total. The molecule has 0 saturated carbocycles. The molecule has 0 aliphatic carbocycles. The Morgan fingerprint density at radius 2 is 2.16 bits per heavy atom. The SMILES string of the molecule is CSCCC(C(=O)Nc1ccc(N2CCOCC2=O)c(Cl)c1)c1nc2ccc(Cl)cc2[nH]1. The molecule has 2 N–H and O–H groups in total. The van der Waals surface area contributed by atoms with E-state index in [1.54, 1.807) is 47.0 Å². The van der Waals surface area contributed by atoms with Crippen LogP contribution in [0, 0.1) is 0 Å². The lowest BCUT2D eigenvalue weighted by Crippen LogP contribution is -2.41. The lowest BCUT2D eigenvalue weighted by Gasteiger charge is -2.27. The molecular weight excluding hydrogens is 471 g/mol. The number of aromatic amines is 1. The first-order valence-electron chi connectivity index (χ1n) is 10.1. The van der Waals surface area contributed by atoms with E-state index in [9.17, 15) is 9.59 Å². The van der Waals surface area contributed by atoms with Crippen molar-refractivity contribution in [3.8, 4) is 0 Å². The van der Waals surface area contributed by atoms with E-state index in [-0.39, 0.29) is 18.4 Å². The Balaban J connectivity index is 1.55. The molecule has 1 saturated heterocycles. The Bertz CT molecular complexity index is 1150. The van der Waals surface area contributed by atoms with Gasteiger partial charge in [0.15, 0.2) is 0 Å². The number of hydrogen-bond acceptors (Lipinski definition) is 5. The maximum Gasteiger partial charge on any atom is 0.253 e. The second-order valence-corrected chi connectivity index (χ2v) is 9.20. The molecule has 2 amide bonds. The highest BCUT2D eigenvalue weighted by molar-refractivity contribution is 7.98. The first-order valence-corrected chi connectivity index (χ1v) is 12.2. The number of morpholine rings is 1. The van der Waals surface area contributed by atoms with Gasteiger partial charge in [0.2, 0.25) is 5.91 Å². The van der Waals surface area contributed by atoms with Crippen LogP contribution in [0.2, 0.25) is 10.0 Å². The van der Waals surface area contributed by atoms with E-state index in [2.05, 4.69) is 15.3 Å². The van der Waals surface area contributed by atoms with Crippen molar-refractivity contribution in [1.29, 1.82) is 0 Å². The van der Waals surface area contributed by atoms with Crippen LogP contribution in [0.1, 0.15) is 18.2 Å². The third kappa shape index (κ3) is 5.04. The van der Waals surface area contributed by atoms with Gasteiger partial charge in [0.25, 0.3) is 5.91 Å². The number of carbonyl (C=O) groups is 2. The molecular formula is C22H22Cl2N4O3S. The number of benzene rings is 2. The summed E-state index contributed by atoms with van der Waals surface area (Å²) in [5.41, 5.74) is 2.70. The van der Waals surface area contributed by atoms with Gasteiger partial charge in [0.1, 0.15) is 12.4 Å². The smallest absolute Gasteiger partial charge is 0.253 e. The third-order valence-electron chi connectivity index (χ3n) is 5.21. The van der Waals surface area contributed by atoms with E-state index in [0.29, 0.717) is 46.8 Å². The van der Waals surface area contributed by atoms with Crippen molar-refractivity contribution in [2.75, 3.05) is 42.0 Å². The number of imidazole rings is 1. The number of H-pyrrole nitrogens is 1. The second kappa shape index (κ2) is 10.1. The number of halogens is 2. The van der Waals surface area contributed by atoms with E-state index in [1.165, 1.54) is 0 Å². The van der Waals surface area contributed by atoms with E-state index in [0.717, 1.165) is 16.8 Å². The topological polar surface area (TPSA) is 87.3 Å². The summed E-state index contributed by atoms with van der Waals surface area (Å²) in [7, 11) is 0. The Hall–Kier alpha value is -2.26. The van der Waals surface area contributed by atoms with E-state index in [1.807, 2.05) is 12.3 Å². The molecule has 3 aromatic rings. The minimum atomic E-state index is -0.465. The number of nitrogens with zero attached hydrogens (tertiary/aromatic N) is 2. The van der Waals surface area contributed by atoms with Crippen molar-refractivity contribution in [2.24, 2.45) is 0 Å². The molecule has 1 atom stereocenters. The summed E-state index contributed by atoms with van der Waals surface area (Å²) in [6.07, 6.45) is 2.62. The molecule has 168 valence electrons. The molecule has 1 fully saturated rings. The van der Waals surface area contributed by atoms with Crippen molar-refractivity contribution < 1.29 is 14.3 Å². The van der Waals surface area contributed by atoms with Crippen LogP contribution >= 0.6 is 35.0 Å². The average molecular weight is 493 g/mol. The number of fused-ring (bicyclic) bond motifs is 1. The number of carbonyl (C=O) groups excluding carboxylic acids is 2. The predicted molar refractivity (Wildman–Crippen MR) is 130 cm³/mol. The lowest BCUT2D eigenvalue weighted by atomic mass is 10.0. The molecule has 0 bridgehead atoms.